The van der Waals surface area contributed by atoms with Gasteiger partial charge in [0.05, 0.1) is 17.5 Å². The lowest BCUT2D eigenvalue weighted by Crippen LogP contribution is -2.24. The average Bonchev–Trinajstić information content (AvgIpc) is 2.96. The van der Waals surface area contributed by atoms with Crippen LogP contribution in [0.25, 0.3) is 10.2 Å². The predicted octanol–water partition coefficient (Wildman–Crippen LogP) is 4.71. The lowest BCUT2D eigenvalue weighted by Gasteiger charge is -2.13. The minimum absolute atomic E-state index is 0.0909. The molecule has 0 aliphatic heterocycles. The van der Waals surface area contributed by atoms with E-state index < -0.39 is 11.7 Å². The van der Waals surface area contributed by atoms with E-state index in [2.05, 4.69) is 4.98 Å². The van der Waals surface area contributed by atoms with Gasteiger partial charge in [-0.2, -0.15) is 13.2 Å². The number of rotatable bonds is 2. The van der Waals surface area contributed by atoms with Crippen molar-refractivity contribution >= 4 is 21.6 Å². The molecule has 0 amide bonds. The number of thiophene rings is 1. The van der Waals surface area contributed by atoms with Crippen molar-refractivity contribution in [1.82, 2.24) is 9.55 Å². The Morgan fingerprint density at radius 1 is 1.15 bits per heavy atom. The Bertz CT molecular complexity index is 1030. The second-order valence-electron chi connectivity index (χ2n) is 6.64. The SMILES string of the molecule is Cc1nc2sc3c(c2c(=O)n1Cc1ccc(C(F)(F)F)cc1)CCCC3. The van der Waals surface area contributed by atoms with Crippen LogP contribution in [0.1, 0.15) is 40.2 Å². The summed E-state index contributed by atoms with van der Waals surface area (Å²) < 4.78 is 39.7. The zero-order valence-electron chi connectivity index (χ0n) is 14.2. The highest BCUT2D eigenvalue weighted by atomic mass is 32.1. The fraction of sp³-hybridized carbons (Fsp3) is 0.368. The molecule has 26 heavy (non-hydrogen) atoms. The zero-order chi connectivity index (χ0) is 18.5. The summed E-state index contributed by atoms with van der Waals surface area (Å²) in [6, 6.07) is 4.94. The molecule has 0 spiro atoms. The first-order chi connectivity index (χ1) is 12.3. The van der Waals surface area contributed by atoms with Gasteiger partial charge in [0.1, 0.15) is 10.7 Å². The summed E-state index contributed by atoms with van der Waals surface area (Å²) in [6.45, 7) is 1.99. The lowest BCUT2D eigenvalue weighted by molar-refractivity contribution is -0.137. The van der Waals surface area contributed by atoms with E-state index in [9.17, 15) is 18.0 Å². The largest absolute Gasteiger partial charge is 0.416 e. The molecule has 2 heterocycles. The molecule has 0 saturated heterocycles. The summed E-state index contributed by atoms with van der Waals surface area (Å²) in [5, 5.41) is 0.696. The number of aromatic nitrogens is 2. The van der Waals surface area contributed by atoms with Gasteiger partial charge >= 0.3 is 6.18 Å². The molecular weight excluding hydrogens is 361 g/mol. The molecule has 3 aromatic rings. The van der Waals surface area contributed by atoms with Gasteiger partial charge in [-0.05, 0) is 55.9 Å². The van der Waals surface area contributed by atoms with Crippen molar-refractivity contribution < 1.29 is 13.2 Å². The van der Waals surface area contributed by atoms with Crippen LogP contribution < -0.4 is 5.56 Å². The van der Waals surface area contributed by atoms with Crippen LogP contribution in [0.4, 0.5) is 13.2 Å². The quantitative estimate of drug-likeness (QED) is 0.647. The molecule has 136 valence electrons. The minimum Gasteiger partial charge on any atom is -0.292 e. The number of fused-ring (bicyclic) bond motifs is 3. The summed E-state index contributed by atoms with van der Waals surface area (Å²) in [5.74, 6) is 0.584. The molecule has 3 nitrogen and oxygen atoms in total. The monoisotopic (exact) mass is 378 g/mol. The fourth-order valence-electron chi connectivity index (χ4n) is 3.51. The van der Waals surface area contributed by atoms with Crippen molar-refractivity contribution in [2.45, 2.75) is 45.3 Å². The normalized spacial score (nSPS) is 14.6. The van der Waals surface area contributed by atoms with Crippen LogP contribution in [0.2, 0.25) is 0 Å². The smallest absolute Gasteiger partial charge is 0.292 e. The van der Waals surface area contributed by atoms with Gasteiger partial charge in [-0.3, -0.25) is 9.36 Å². The van der Waals surface area contributed by atoms with E-state index in [1.54, 1.807) is 22.8 Å². The predicted molar refractivity (Wildman–Crippen MR) is 95.8 cm³/mol. The summed E-state index contributed by atoms with van der Waals surface area (Å²) >= 11 is 1.60. The van der Waals surface area contributed by atoms with Crippen LogP contribution in [0, 0.1) is 6.92 Å². The van der Waals surface area contributed by atoms with Gasteiger partial charge in [0.2, 0.25) is 0 Å². The molecule has 0 saturated carbocycles. The molecule has 1 aliphatic rings. The van der Waals surface area contributed by atoms with Gasteiger partial charge in [0.25, 0.3) is 5.56 Å². The van der Waals surface area contributed by atoms with Crippen LogP contribution in [0.5, 0.6) is 0 Å². The Kier molecular flexibility index (Phi) is 4.14. The average molecular weight is 378 g/mol. The molecule has 7 heteroatoms. The Labute approximate surface area is 152 Å². The van der Waals surface area contributed by atoms with Crippen LogP contribution in [0.15, 0.2) is 29.1 Å². The summed E-state index contributed by atoms with van der Waals surface area (Å²) in [7, 11) is 0. The van der Waals surface area contributed by atoms with Gasteiger partial charge in [-0.15, -0.1) is 11.3 Å². The van der Waals surface area contributed by atoms with Crippen molar-refractivity contribution in [2.24, 2.45) is 0 Å². The zero-order valence-corrected chi connectivity index (χ0v) is 15.0. The molecular formula is C19H17F3N2OS. The third-order valence-corrected chi connectivity index (χ3v) is 6.07. The minimum atomic E-state index is -4.36. The van der Waals surface area contributed by atoms with E-state index in [-0.39, 0.29) is 12.1 Å². The summed E-state index contributed by atoms with van der Waals surface area (Å²) in [5.41, 5.74) is 0.987. The Morgan fingerprint density at radius 3 is 2.54 bits per heavy atom. The number of hydrogen-bond acceptors (Lipinski definition) is 3. The number of alkyl halides is 3. The summed E-state index contributed by atoms with van der Waals surface area (Å²) in [4.78, 5) is 19.7. The second-order valence-corrected chi connectivity index (χ2v) is 7.72. The molecule has 0 radical (unpaired) electrons. The van der Waals surface area contributed by atoms with Crippen LogP contribution in [-0.4, -0.2) is 9.55 Å². The molecule has 0 unspecified atom stereocenters. The van der Waals surface area contributed by atoms with Gasteiger partial charge in [-0.25, -0.2) is 4.98 Å². The highest BCUT2D eigenvalue weighted by molar-refractivity contribution is 7.18. The number of benzene rings is 1. The van der Waals surface area contributed by atoms with E-state index >= 15 is 0 Å². The van der Waals surface area contributed by atoms with Gasteiger partial charge in [0.15, 0.2) is 0 Å². The maximum atomic E-state index is 13.1. The van der Waals surface area contributed by atoms with E-state index in [1.807, 2.05) is 0 Å². The van der Waals surface area contributed by atoms with Crippen LogP contribution in [0.3, 0.4) is 0 Å². The van der Waals surface area contributed by atoms with Crippen molar-refractivity contribution in [1.29, 1.82) is 0 Å². The van der Waals surface area contributed by atoms with E-state index in [4.69, 9.17) is 0 Å². The van der Waals surface area contributed by atoms with Crippen molar-refractivity contribution in [2.75, 3.05) is 0 Å². The summed E-state index contributed by atoms with van der Waals surface area (Å²) in [6.07, 6.45) is -0.256. The fourth-order valence-corrected chi connectivity index (χ4v) is 4.81. The van der Waals surface area contributed by atoms with Crippen molar-refractivity contribution in [3.05, 3.63) is 62.0 Å². The molecule has 0 N–H and O–H groups in total. The number of nitrogens with zero attached hydrogens (tertiary/aromatic N) is 2. The Balaban J connectivity index is 1.76. The molecule has 4 rings (SSSR count). The third-order valence-electron chi connectivity index (χ3n) is 4.89. The second kappa shape index (κ2) is 6.23. The van der Waals surface area contributed by atoms with Crippen molar-refractivity contribution in [3.8, 4) is 0 Å². The van der Waals surface area contributed by atoms with Gasteiger partial charge < -0.3 is 0 Å². The van der Waals surface area contributed by atoms with Crippen LogP contribution >= 0.6 is 11.3 Å². The standard InChI is InChI=1S/C19H17F3N2OS/c1-11-23-17-16(14-4-2-3-5-15(14)26-17)18(25)24(11)10-12-6-8-13(9-7-12)19(20,21)22/h6-9H,2-5,10H2,1H3. The maximum absolute atomic E-state index is 13.1. The molecule has 2 aromatic heterocycles. The van der Waals surface area contributed by atoms with E-state index in [1.165, 1.54) is 17.0 Å². The maximum Gasteiger partial charge on any atom is 0.416 e. The Morgan fingerprint density at radius 2 is 1.85 bits per heavy atom. The first-order valence-corrected chi connectivity index (χ1v) is 9.34. The third kappa shape index (κ3) is 2.94. The molecule has 0 fully saturated rings. The molecule has 1 aliphatic carbocycles. The number of aryl methyl sites for hydroxylation is 3. The molecule has 0 atom stereocenters. The van der Waals surface area contributed by atoms with E-state index in [0.29, 0.717) is 16.8 Å². The lowest BCUT2D eigenvalue weighted by atomic mass is 9.97. The van der Waals surface area contributed by atoms with Gasteiger partial charge in [0, 0.05) is 4.88 Å². The molecule has 1 aromatic carbocycles. The highest BCUT2D eigenvalue weighted by Gasteiger charge is 2.30. The van der Waals surface area contributed by atoms with Crippen LogP contribution in [-0.2, 0) is 25.6 Å². The van der Waals surface area contributed by atoms with Gasteiger partial charge in [-0.1, -0.05) is 12.1 Å². The number of halogens is 3. The number of hydrogen-bond donors (Lipinski definition) is 0. The Hall–Kier alpha value is -2.15. The first-order valence-electron chi connectivity index (χ1n) is 8.52. The first kappa shape index (κ1) is 17.3. The topological polar surface area (TPSA) is 34.9 Å². The van der Waals surface area contributed by atoms with Crippen molar-refractivity contribution in [3.63, 3.8) is 0 Å². The highest BCUT2D eigenvalue weighted by Crippen LogP contribution is 2.34. The van der Waals surface area contributed by atoms with E-state index in [0.717, 1.165) is 48.2 Å². The molecule has 0 bridgehead atoms.